The van der Waals surface area contributed by atoms with E-state index >= 15 is 0 Å². The SMILES string of the molecule is CC1CCN(CC(C)(O)C(C)C)c2ccccc21. The van der Waals surface area contributed by atoms with E-state index < -0.39 is 5.60 Å². The number of rotatable bonds is 3. The van der Waals surface area contributed by atoms with Crippen molar-refractivity contribution in [2.45, 2.75) is 45.6 Å². The van der Waals surface area contributed by atoms with Crippen LogP contribution in [-0.4, -0.2) is 23.8 Å². The van der Waals surface area contributed by atoms with Gasteiger partial charge in [0.15, 0.2) is 0 Å². The first kappa shape index (κ1) is 13.4. The summed E-state index contributed by atoms with van der Waals surface area (Å²) in [6.07, 6.45) is 1.17. The van der Waals surface area contributed by atoms with E-state index in [4.69, 9.17) is 0 Å². The molecule has 2 heteroatoms. The van der Waals surface area contributed by atoms with Crippen molar-refractivity contribution in [1.29, 1.82) is 0 Å². The molecule has 100 valence electrons. The van der Waals surface area contributed by atoms with Crippen LogP contribution in [0.1, 0.15) is 45.6 Å². The van der Waals surface area contributed by atoms with Crippen LogP contribution in [0.3, 0.4) is 0 Å². The van der Waals surface area contributed by atoms with Gasteiger partial charge in [0.2, 0.25) is 0 Å². The zero-order valence-corrected chi connectivity index (χ0v) is 12.0. The number of hydrogen-bond acceptors (Lipinski definition) is 2. The normalized spacial score (nSPS) is 22.8. The van der Waals surface area contributed by atoms with Crippen molar-refractivity contribution in [3.05, 3.63) is 29.8 Å². The molecule has 0 aromatic heterocycles. The number of hydrogen-bond donors (Lipinski definition) is 1. The summed E-state index contributed by atoms with van der Waals surface area (Å²) in [5.74, 6) is 0.894. The molecule has 1 aromatic rings. The number of β-amino-alcohol motifs (C(OH)–C–C–N with tert-alkyl or cyclic N) is 1. The molecule has 1 heterocycles. The van der Waals surface area contributed by atoms with Gasteiger partial charge in [-0.15, -0.1) is 0 Å². The Morgan fingerprint density at radius 3 is 2.72 bits per heavy atom. The summed E-state index contributed by atoms with van der Waals surface area (Å²) in [4.78, 5) is 2.34. The fraction of sp³-hybridized carbons (Fsp3) is 0.625. The fourth-order valence-corrected chi connectivity index (χ4v) is 2.55. The molecule has 0 spiro atoms. The molecular weight excluding hydrogens is 222 g/mol. The predicted molar refractivity (Wildman–Crippen MR) is 77.1 cm³/mol. The standard InChI is InChI=1S/C16H25NO/c1-12(2)16(4,18)11-17-10-9-13(3)14-7-5-6-8-15(14)17/h5-8,12-13,18H,9-11H2,1-4H3. The minimum atomic E-state index is -0.631. The highest BCUT2D eigenvalue weighted by atomic mass is 16.3. The molecule has 2 rings (SSSR count). The van der Waals surface area contributed by atoms with Gasteiger partial charge in [0.05, 0.1) is 5.60 Å². The summed E-state index contributed by atoms with van der Waals surface area (Å²) in [5.41, 5.74) is 2.09. The monoisotopic (exact) mass is 247 g/mol. The summed E-state index contributed by atoms with van der Waals surface area (Å²) in [6.45, 7) is 10.2. The molecule has 0 saturated carbocycles. The molecule has 0 aliphatic carbocycles. The fourth-order valence-electron chi connectivity index (χ4n) is 2.55. The second-order valence-corrected chi connectivity index (χ2v) is 6.18. The van der Waals surface area contributed by atoms with Crippen LogP contribution in [0.5, 0.6) is 0 Å². The van der Waals surface area contributed by atoms with Crippen LogP contribution in [0.4, 0.5) is 5.69 Å². The predicted octanol–water partition coefficient (Wildman–Crippen LogP) is 3.41. The van der Waals surface area contributed by atoms with E-state index in [-0.39, 0.29) is 5.92 Å². The Hall–Kier alpha value is -1.02. The summed E-state index contributed by atoms with van der Waals surface area (Å²) in [6, 6.07) is 8.60. The lowest BCUT2D eigenvalue weighted by Gasteiger charge is -2.40. The van der Waals surface area contributed by atoms with Gasteiger partial charge in [-0.1, -0.05) is 39.0 Å². The quantitative estimate of drug-likeness (QED) is 0.885. The van der Waals surface area contributed by atoms with Gasteiger partial charge in [0, 0.05) is 18.8 Å². The number of nitrogens with zero attached hydrogens (tertiary/aromatic N) is 1. The molecule has 2 nitrogen and oxygen atoms in total. The molecule has 18 heavy (non-hydrogen) atoms. The summed E-state index contributed by atoms with van der Waals surface area (Å²) >= 11 is 0. The zero-order chi connectivity index (χ0) is 13.3. The Kier molecular flexibility index (Phi) is 3.67. The van der Waals surface area contributed by atoms with E-state index in [0.717, 1.165) is 6.54 Å². The third kappa shape index (κ3) is 2.54. The van der Waals surface area contributed by atoms with Crippen molar-refractivity contribution in [3.8, 4) is 0 Å². The molecule has 1 aromatic carbocycles. The van der Waals surface area contributed by atoms with Crippen LogP contribution in [0.2, 0.25) is 0 Å². The maximum atomic E-state index is 10.5. The van der Waals surface area contributed by atoms with Gasteiger partial charge < -0.3 is 10.0 Å². The maximum absolute atomic E-state index is 10.5. The second kappa shape index (κ2) is 4.93. The van der Waals surface area contributed by atoms with Crippen LogP contribution in [0.15, 0.2) is 24.3 Å². The summed E-state index contributed by atoms with van der Waals surface area (Å²) < 4.78 is 0. The maximum Gasteiger partial charge on any atom is 0.0816 e. The molecule has 0 radical (unpaired) electrons. The average Bonchev–Trinajstić information content (AvgIpc) is 2.33. The topological polar surface area (TPSA) is 23.5 Å². The third-order valence-corrected chi connectivity index (χ3v) is 4.40. The number of aliphatic hydroxyl groups is 1. The Morgan fingerprint density at radius 2 is 2.06 bits per heavy atom. The Morgan fingerprint density at radius 1 is 1.39 bits per heavy atom. The number of anilines is 1. The first-order valence-corrected chi connectivity index (χ1v) is 6.98. The van der Waals surface area contributed by atoms with E-state index in [0.29, 0.717) is 12.5 Å². The Bertz CT molecular complexity index is 411. The van der Waals surface area contributed by atoms with Gasteiger partial charge in [-0.3, -0.25) is 0 Å². The van der Waals surface area contributed by atoms with Crippen LogP contribution in [0, 0.1) is 5.92 Å². The number of para-hydroxylation sites is 1. The third-order valence-electron chi connectivity index (χ3n) is 4.40. The van der Waals surface area contributed by atoms with E-state index in [1.165, 1.54) is 17.7 Å². The van der Waals surface area contributed by atoms with Crippen molar-refractivity contribution in [1.82, 2.24) is 0 Å². The van der Waals surface area contributed by atoms with Crippen molar-refractivity contribution < 1.29 is 5.11 Å². The number of fused-ring (bicyclic) bond motifs is 1. The van der Waals surface area contributed by atoms with Crippen LogP contribution >= 0.6 is 0 Å². The molecule has 0 amide bonds. The number of benzene rings is 1. The van der Waals surface area contributed by atoms with Crippen LogP contribution in [-0.2, 0) is 0 Å². The highest BCUT2D eigenvalue weighted by molar-refractivity contribution is 5.57. The van der Waals surface area contributed by atoms with Gasteiger partial charge >= 0.3 is 0 Å². The van der Waals surface area contributed by atoms with Gasteiger partial charge in [-0.2, -0.15) is 0 Å². The van der Waals surface area contributed by atoms with E-state index in [1.54, 1.807) is 0 Å². The highest BCUT2D eigenvalue weighted by Crippen LogP contribution is 2.35. The molecule has 0 saturated heterocycles. The van der Waals surface area contributed by atoms with Crippen LogP contribution < -0.4 is 4.90 Å². The van der Waals surface area contributed by atoms with E-state index in [9.17, 15) is 5.11 Å². The average molecular weight is 247 g/mol. The zero-order valence-electron chi connectivity index (χ0n) is 12.0. The van der Waals surface area contributed by atoms with Gasteiger partial charge in [0.1, 0.15) is 0 Å². The Balaban J connectivity index is 2.24. The molecule has 1 N–H and O–H groups in total. The smallest absolute Gasteiger partial charge is 0.0816 e. The van der Waals surface area contributed by atoms with Gasteiger partial charge in [-0.25, -0.2) is 0 Å². The summed E-state index contributed by atoms with van der Waals surface area (Å²) in [5, 5.41) is 10.5. The first-order valence-electron chi connectivity index (χ1n) is 6.98. The lowest BCUT2D eigenvalue weighted by Crippen LogP contribution is -2.46. The minimum Gasteiger partial charge on any atom is -0.388 e. The van der Waals surface area contributed by atoms with Crippen molar-refractivity contribution in [3.63, 3.8) is 0 Å². The van der Waals surface area contributed by atoms with Crippen molar-refractivity contribution >= 4 is 5.69 Å². The van der Waals surface area contributed by atoms with E-state index in [1.807, 2.05) is 6.92 Å². The molecule has 1 aliphatic rings. The van der Waals surface area contributed by atoms with Crippen LogP contribution in [0.25, 0.3) is 0 Å². The first-order chi connectivity index (χ1) is 8.42. The van der Waals surface area contributed by atoms with Crippen molar-refractivity contribution in [2.24, 2.45) is 5.92 Å². The molecule has 1 aliphatic heterocycles. The minimum absolute atomic E-state index is 0.268. The lowest BCUT2D eigenvalue weighted by molar-refractivity contribution is 0.0202. The second-order valence-electron chi connectivity index (χ2n) is 6.18. The van der Waals surface area contributed by atoms with E-state index in [2.05, 4.69) is 49.9 Å². The summed E-state index contributed by atoms with van der Waals surface area (Å²) in [7, 11) is 0. The van der Waals surface area contributed by atoms with Gasteiger partial charge in [-0.05, 0) is 36.8 Å². The van der Waals surface area contributed by atoms with Crippen molar-refractivity contribution in [2.75, 3.05) is 18.0 Å². The molecule has 0 fully saturated rings. The Labute approximate surface area is 111 Å². The largest absolute Gasteiger partial charge is 0.388 e. The molecule has 2 atom stereocenters. The molecular formula is C16H25NO. The van der Waals surface area contributed by atoms with Gasteiger partial charge in [0.25, 0.3) is 0 Å². The lowest BCUT2D eigenvalue weighted by atomic mass is 9.88. The molecule has 0 bridgehead atoms. The molecule has 2 unspecified atom stereocenters. The highest BCUT2D eigenvalue weighted by Gasteiger charge is 2.31.